The van der Waals surface area contributed by atoms with E-state index in [-0.39, 0.29) is 6.03 Å². The molecule has 4 heteroatoms. The Kier molecular flexibility index (Phi) is 4.34. The standard InChI is InChI=1S/C14H19N3O/c1-11-7-8-13(15-9-11)17-14(18)16-10-12-5-3-2-4-6-12/h7-10H,2-6H2,1H3,(H2,15,16,17,18). The van der Waals surface area contributed by atoms with Crippen molar-refractivity contribution < 1.29 is 4.79 Å². The van der Waals surface area contributed by atoms with Gasteiger partial charge in [-0.05, 0) is 44.2 Å². The molecule has 0 aromatic carbocycles. The van der Waals surface area contributed by atoms with Crippen molar-refractivity contribution in [3.8, 4) is 0 Å². The first-order valence-corrected chi connectivity index (χ1v) is 6.42. The van der Waals surface area contributed by atoms with Gasteiger partial charge in [-0.25, -0.2) is 9.78 Å². The molecule has 0 radical (unpaired) electrons. The SMILES string of the molecule is Cc1ccc(NC(=O)NC=C2CCCCC2)nc1. The third kappa shape index (κ3) is 3.87. The van der Waals surface area contributed by atoms with Gasteiger partial charge >= 0.3 is 6.03 Å². The maximum Gasteiger partial charge on any atom is 0.324 e. The Morgan fingerprint density at radius 2 is 2.06 bits per heavy atom. The highest BCUT2D eigenvalue weighted by Gasteiger charge is 2.06. The van der Waals surface area contributed by atoms with Gasteiger partial charge in [0.25, 0.3) is 0 Å². The van der Waals surface area contributed by atoms with E-state index in [2.05, 4.69) is 15.6 Å². The van der Waals surface area contributed by atoms with E-state index in [0.717, 1.165) is 18.4 Å². The summed E-state index contributed by atoms with van der Waals surface area (Å²) in [6, 6.07) is 3.48. The highest BCUT2D eigenvalue weighted by molar-refractivity contribution is 5.88. The molecule has 0 unspecified atom stereocenters. The summed E-state index contributed by atoms with van der Waals surface area (Å²) in [5.74, 6) is 0.570. The second-order valence-corrected chi connectivity index (χ2v) is 4.68. The molecule has 1 fully saturated rings. The van der Waals surface area contributed by atoms with Crippen molar-refractivity contribution in [3.63, 3.8) is 0 Å². The second-order valence-electron chi connectivity index (χ2n) is 4.68. The first-order chi connectivity index (χ1) is 8.74. The average molecular weight is 245 g/mol. The number of carbonyl (C=O) groups is 1. The highest BCUT2D eigenvalue weighted by Crippen LogP contribution is 2.21. The maximum absolute atomic E-state index is 11.6. The van der Waals surface area contributed by atoms with E-state index in [0.29, 0.717) is 5.82 Å². The average Bonchev–Trinajstić information content (AvgIpc) is 2.40. The third-order valence-corrected chi connectivity index (χ3v) is 3.06. The fourth-order valence-corrected chi connectivity index (χ4v) is 2.01. The molecule has 0 aliphatic heterocycles. The van der Waals surface area contributed by atoms with Gasteiger partial charge in [0.15, 0.2) is 0 Å². The fourth-order valence-electron chi connectivity index (χ4n) is 2.01. The van der Waals surface area contributed by atoms with Crippen LogP contribution in [0.3, 0.4) is 0 Å². The summed E-state index contributed by atoms with van der Waals surface area (Å²) in [4.78, 5) is 15.8. The Balaban J connectivity index is 1.83. The van der Waals surface area contributed by atoms with Crippen LogP contribution in [-0.2, 0) is 0 Å². The summed E-state index contributed by atoms with van der Waals surface area (Å²) in [6.45, 7) is 1.96. The van der Waals surface area contributed by atoms with Crippen LogP contribution >= 0.6 is 0 Å². The quantitative estimate of drug-likeness (QED) is 0.839. The first-order valence-electron chi connectivity index (χ1n) is 6.42. The summed E-state index contributed by atoms with van der Waals surface area (Å²) >= 11 is 0. The van der Waals surface area contributed by atoms with E-state index >= 15 is 0 Å². The van der Waals surface area contributed by atoms with Gasteiger partial charge in [-0.3, -0.25) is 5.32 Å². The molecule has 2 N–H and O–H groups in total. The van der Waals surface area contributed by atoms with Crippen molar-refractivity contribution in [3.05, 3.63) is 35.7 Å². The maximum atomic E-state index is 11.6. The molecule has 0 bridgehead atoms. The van der Waals surface area contributed by atoms with Gasteiger partial charge in [0.2, 0.25) is 0 Å². The summed E-state index contributed by atoms with van der Waals surface area (Å²) in [5, 5.41) is 5.47. The second kappa shape index (κ2) is 6.19. The van der Waals surface area contributed by atoms with Crippen LogP contribution < -0.4 is 10.6 Å². The lowest BCUT2D eigenvalue weighted by Crippen LogP contribution is -2.25. The van der Waals surface area contributed by atoms with Crippen LogP contribution in [0.4, 0.5) is 10.6 Å². The number of amides is 2. The highest BCUT2D eigenvalue weighted by atomic mass is 16.2. The number of anilines is 1. The number of rotatable bonds is 2. The number of urea groups is 1. The molecule has 2 rings (SSSR count). The third-order valence-electron chi connectivity index (χ3n) is 3.06. The Bertz CT molecular complexity index is 429. The lowest BCUT2D eigenvalue weighted by Gasteiger charge is -2.13. The zero-order valence-electron chi connectivity index (χ0n) is 10.7. The first kappa shape index (κ1) is 12.6. The van der Waals surface area contributed by atoms with E-state index in [1.54, 1.807) is 12.3 Å². The van der Waals surface area contributed by atoms with E-state index < -0.39 is 0 Å². The van der Waals surface area contributed by atoms with Crippen molar-refractivity contribution in [2.75, 3.05) is 5.32 Å². The van der Waals surface area contributed by atoms with Crippen LogP contribution in [-0.4, -0.2) is 11.0 Å². The van der Waals surface area contributed by atoms with Crippen molar-refractivity contribution in [2.45, 2.75) is 39.0 Å². The van der Waals surface area contributed by atoms with Crippen LogP contribution in [0.5, 0.6) is 0 Å². The van der Waals surface area contributed by atoms with Gasteiger partial charge < -0.3 is 5.32 Å². The van der Waals surface area contributed by atoms with Crippen LogP contribution in [0, 0.1) is 6.92 Å². The molecule has 1 aliphatic carbocycles. The number of hydrogen-bond donors (Lipinski definition) is 2. The number of nitrogens with one attached hydrogen (secondary N) is 2. The monoisotopic (exact) mass is 245 g/mol. The van der Waals surface area contributed by atoms with Gasteiger partial charge in [0.05, 0.1) is 0 Å². The zero-order chi connectivity index (χ0) is 12.8. The van der Waals surface area contributed by atoms with E-state index in [1.165, 1.54) is 24.8 Å². The Morgan fingerprint density at radius 1 is 1.28 bits per heavy atom. The van der Waals surface area contributed by atoms with Crippen molar-refractivity contribution in [1.29, 1.82) is 0 Å². The molecule has 1 heterocycles. The molecule has 1 aromatic heterocycles. The Labute approximate surface area is 108 Å². The summed E-state index contributed by atoms with van der Waals surface area (Å²) in [5.41, 5.74) is 2.40. The number of hydrogen-bond acceptors (Lipinski definition) is 2. The minimum Gasteiger partial charge on any atom is -0.314 e. The Hall–Kier alpha value is -1.84. The van der Waals surface area contributed by atoms with Crippen molar-refractivity contribution in [1.82, 2.24) is 10.3 Å². The van der Waals surface area contributed by atoms with Crippen molar-refractivity contribution in [2.24, 2.45) is 0 Å². The van der Waals surface area contributed by atoms with E-state index in [9.17, 15) is 4.79 Å². The molecule has 1 saturated carbocycles. The van der Waals surface area contributed by atoms with Crippen LogP contribution in [0.25, 0.3) is 0 Å². The molecule has 18 heavy (non-hydrogen) atoms. The van der Waals surface area contributed by atoms with Crippen molar-refractivity contribution >= 4 is 11.8 Å². The number of aromatic nitrogens is 1. The molecule has 0 spiro atoms. The predicted molar refractivity (Wildman–Crippen MR) is 72.3 cm³/mol. The summed E-state index contributed by atoms with van der Waals surface area (Å²) in [6.07, 6.45) is 9.53. The van der Waals surface area contributed by atoms with Crippen LogP contribution in [0.2, 0.25) is 0 Å². The number of allylic oxidation sites excluding steroid dienone is 1. The largest absolute Gasteiger partial charge is 0.324 e. The Morgan fingerprint density at radius 3 is 2.72 bits per heavy atom. The zero-order valence-corrected chi connectivity index (χ0v) is 10.7. The van der Waals surface area contributed by atoms with Gasteiger partial charge in [-0.15, -0.1) is 0 Å². The molecule has 0 atom stereocenters. The molecule has 1 aromatic rings. The predicted octanol–water partition coefficient (Wildman–Crippen LogP) is 3.36. The molecule has 4 nitrogen and oxygen atoms in total. The summed E-state index contributed by atoms with van der Waals surface area (Å²) in [7, 11) is 0. The lowest BCUT2D eigenvalue weighted by atomic mass is 9.96. The van der Waals surface area contributed by atoms with Crippen LogP contribution in [0.1, 0.15) is 37.7 Å². The van der Waals surface area contributed by atoms with Gasteiger partial charge in [0.1, 0.15) is 5.82 Å². The van der Waals surface area contributed by atoms with Gasteiger partial charge in [-0.1, -0.05) is 18.1 Å². The topological polar surface area (TPSA) is 54.0 Å². The minimum atomic E-state index is -0.232. The summed E-state index contributed by atoms with van der Waals surface area (Å²) < 4.78 is 0. The molecule has 0 saturated heterocycles. The molecule has 2 amide bonds. The smallest absolute Gasteiger partial charge is 0.314 e. The van der Waals surface area contributed by atoms with Crippen LogP contribution in [0.15, 0.2) is 30.1 Å². The molecular weight excluding hydrogens is 226 g/mol. The molecule has 96 valence electrons. The minimum absolute atomic E-state index is 0.232. The number of nitrogens with zero attached hydrogens (tertiary/aromatic N) is 1. The van der Waals surface area contributed by atoms with E-state index in [1.807, 2.05) is 19.2 Å². The lowest BCUT2D eigenvalue weighted by molar-refractivity contribution is 0.255. The number of aryl methyl sites for hydroxylation is 1. The van der Waals surface area contributed by atoms with E-state index in [4.69, 9.17) is 0 Å². The van der Waals surface area contributed by atoms with Gasteiger partial charge in [0, 0.05) is 12.4 Å². The molecule has 1 aliphatic rings. The fraction of sp³-hybridized carbons (Fsp3) is 0.429. The molecular formula is C14H19N3O. The normalized spacial score (nSPS) is 15.1. The van der Waals surface area contributed by atoms with Gasteiger partial charge in [-0.2, -0.15) is 0 Å². The number of carbonyl (C=O) groups excluding carboxylic acids is 1. The number of pyridine rings is 1.